The van der Waals surface area contributed by atoms with Gasteiger partial charge < -0.3 is 16.2 Å². The number of amides is 1. The Morgan fingerprint density at radius 1 is 1.33 bits per heavy atom. The first kappa shape index (κ1) is 17.2. The van der Waals surface area contributed by atoms with Crippen LogP contribution in [0.4, 0.5) is 5.69 Å². The zero-order valence-corrected chi connectivity index (χ0v) is 13.1. The van der Waals surface area contributed by atoms with Gasteiger partial charge in [-0.05, 0) is 30.4 Å². The SMILES string of the molecule is Cc1cccc(NC(=O)CC(N)CC(C)(C)C)c1C(=O)O. The number of aryl methyl sites for hydroxylation is 1. The molecule has 1 unspecified atom stereocenters. The van der Waals surface area contributed by atoms with Crippen LogP contribution in [0.15, 0.2) is 18.2 Å². The summed E-state index contributed by atoms with van der Waals surface area (Å²) in [6, 6.07) is 4.75. The maximum absolute atomic E-state index is 12.0. The number of carbonyl (C=O) groups excluding carboxylic acids is 1. The number of hydrogen-bond donors (Lipinski definition) is 3. The minimum atomic E-state index is -1.05. The summed E-state index contributed by atoms with van der Waals surface area (Å²) in [6.45, 7) is 7.89. The summed E-state index contributed by atoms with van der Waals surface area (Å²) >= 11 is 0. The highest BCUT2D eigenvalue weighted by Crippen LogP contribution is 2.22. The molecule has 1 atom stereocenters. The van der Waals surface area contributed by atoms with Crippen molar-refractivity contribution < 1.29 is 14.7 Å². The number of rotatable bonds is 5. The lowest BCUT2D eigenvalue weighted by Gasteiger charge is -2.22. The van der Waals surface area contributed by atoms with E-state index >= 15 is 0 Å². The third kappa shape index (κ3) is 5.55. The van der Waals surface area contributed by atoms with E-state index in [9.17, 15) is 14.7 Å². The molecule has 0 aliphatic rings. The number of nitrogens with one attached hydrogen (secondary N) is 1. The summed E-state index contributed by atoms with van der Waals surface area (Å²) in [7, 11) is 0. The normalized spacial score (nSPS) is 12.8. The molecule has 0 heterocycles. The number of carboxylic acids is 1. The minimum absolute atomic E-state index is 0.0508. The van der Waals surface area contributed by atoms with Crippen LogP contribution in [-0.2, 0) is 4.79 Å². The van der Waals surface area contributed by atoms with E-state index in [1.165, 1.54) is 0 Å². The molecule has 1 amide bonds. The topological polar surface area (TPSA) is 92.4 Å². The quantitative estimate of drug-likeness (QED) is 0.778. The van der Waals surface area contributed by atoms with Crippen molar-refractivity contribution >= 4 is 17.6 Å². The Morgan fingerprint density at radius 3 is 2.48 bits per heavy atom. The Hall–Kier alpha value is -1.88. The van der Waals surface area contributed by atoms with Gasteiger partial charge in [0.05, 0.1) is 11.3 Å². The fraction of sp³-hybridized carbons (Fsp3) is 0.500. The summed E-state index contributed by atoms with van der Waals surface area (Å²) in [6.07, 6.45) is 0.893. The van der Waals surface area contributed by atoms with Gasteiger partial charge >= 0.3 is 5.97 Å². The van der Waals surface area contributed by atoms with Gasteiger partial charge in [0.1, 0.15) is 0 Å². The molecule has 116 valence electrons. The molecule has 0 aliphatic carbocycles. The minimum Gasteiger partial charge on any atom is -0.478 e. The maximum Gasteiger partial charge on any atom is 0.338 e. The lowest BCUT2D eigenvalue weighted by Crippen LogP contribution is -2.31. The molecule has 4 N–H and O–H groups in total. The number of carboxylic acid groups (broad SMARTS) is 1. The van der Waals surface area contributed by atoms with E-state index in [1.54, 1.807) is 25.1 Å². The van der Waals surface area contributed by atoms with Crippen molar-refractivity contribution in [2.24, 2.45) is 11.1 Å². The van der Waals surface area contributed by atoms with Gasteiger partial charge in [-0.3, -0.25) is 4.79 Å². The molecule has 0 fully saturated rings. The lowest BCUT2D eigenvalue weighted by atomic mass is 9.87. The van der Waals surface area contributed by atoms with Crippen molar-refractivity contribution in [3.63, 3.8) is 0 Å². The van der Waals surface area contributed by atoms with Crippen LogP contribution >= 0.6 is 0 Å². The molecule has 1 rings (SSSR count). The Balaban J connectivity index is 2.76. The molecule has 1 aromatic rings. The summed E-state index contributed by atoms with van der Waals surface area (Å²) in [4.78, 5) is 23.3. The second-order valence-electron chi connectivity index (χ2n) is 6.58. The van der Waals surface area contributed by atoms with Gasteiger partial charge in [0.2, 0.25) is 5.91 Å². The number of hydrogen-bond acceptors (Lipinski definition) is 3. The third-order valence-electron chi connectivity index (χ3n) is 3.08. The van der Waals surface area contributed by atoms with Crippen molar-refractivity contribution in [1.82, 2.24) is 0 Å². The molecule has 0 aromatic heterocycles. The van der Waals surface area contributed by atoms with Crippen LogP contribution in [0.2, 0.25) is 0 Å². The van der Waals surface area contributed by atoms with Gasteiger partial charge in [-0.2, -0.15) is 0 Å². The van der Waals surface area contributed by atoms with Crippen LogP contribution in [0.25, 0.3) is 0 Å². The predicted octanol–water partition coefficient (Wildman–Crippen LogP) is 2.79. The van der Waals surface area contributed by atoms with E-state index < -0.39 is 5.97 Å². The zero-order valence-electron chi connectivity index (χ0n) is 13.1. The highest BCUT2D eigenvalue weighted by Gasteiger charge is 2.20. The van der Waals surface area contributed by atoms with E-state index in [0.717, 1.165) is 6.42 Å². The molecule has 21 heavy (non-hydrogen) atoms. The molecule has 5 nitrogen and oxygen atoms in total. The second kappa shape index (κ2) is 6.72. The highest BCUT2D eigenvalue weighted by atomic mass is 16.4. The smallest absolute Gasteiger partial charge is 0.338 e. The van der Waals surface area contributed by atoms with Crippen LogP contribution < -0.4 is 11.1 Å². The van der Waals surface area contributed by atoms with Crippen LogP contribution in [0.5, 0.6) is 0 Å². The van der Waals surface area contributed by atoms with Crippen LogP contribution in [0, 0.1) is 12.3 Å². The van der Waals surface area contributed by atoms with Crippen molar-refractivity contribution in [1.29, 1.82) is 0 Å². The molecule has 1 aromatic carbocycles. The first-order chi connectivity index (χ1) is 9.60. The summed E-state index contributed by atoms with van der Waals surface area (Å²) in [5.74, 6) is -1.32. The van der Waals surface area contributed by atoms with Crippen LogP contribution in [-0.4, -0.2) is 23.0 Å². The van der Waals surface area contributed by atoms with E-state index in [4.69, 9.17) is 5.73 Å². The van der Waals surface area contributed by atoms with Gasteiger partial charge in [-0.25, -0.2) is 4.79 Å². The van der Waals surface area contributed by atoms with E-state index in [0.29, 0.717) is 11.3 Å². The number of anilines is 1. The molecule has 0 radical (unpaired) electrons. The number of benzene rings is 1. The Morgan fingerprint density at radius 2 is 1.95 bits per heavy atom. The molecule has 0 saturated carbocycles. The number of nitrogens with two attached hydrogens (primary N) is 1. The molecule has 0 saturated heterocycles. The van der Waals surface area contributed by atoms with Crippen LogP contribution in [0.3, 0.4) is 0 Å². The summed E-state index contributed by atoms with van der Waals surface area (Å²) < 4.78 is 0. The zero-order chi connectivity index (χ0) is 16.2. The van der Waals surface area contributed by atoms with E-state index in [1.807, 2.05) is 0 Å². The molecular weight excluding hydrogens is 268 g/mol. The maximum atomic E-state index is 12.0. The van der Waals surface area contributed by atoms with E-state index in [-0.39, 0.29) is 29.3 Å². The highest BCUT2D eigenvalue weighted by molar-refractivity contribution is 6.01. The first-order valence-corrected chi connectivity index (χ1v) is 6.98. The van der Waals surface area contributed by atoms with Crippen molar-refractivity contribution in [2.75, 3.05) is 5.32 Å². The van der Waals surface area contributed by atoms with Crippen molar-refractivity contribution in [3.05, 3.63) is 29.3 Å². The average molecular weight is 292 g/mol. The lowest BCUT2D eigenvalue weighted by molar-refractivity contribution is -0.116. The van der Waals surface area contributed by atoms with Crippen molar-refractivity contribution in [2.45, 2.75) is 46.6 Å². The van der Waals surface area contributed by atoms with Gasteiger partial charge in [0.15, 0.2) is 0 Å². The molecule has 5 heteroatoms. The average Bonchev–Trinajstić information content (AvgIpc) is 2.24. The Labute approximate surface area is 125 Å². The van der Waals surface area contributed by atoms with Gasteiger partial charge in [-0.15, -0.1) is 0 Å². The van der Waals surface area contributed by atoms with Crippen LogP contribution in [0.1, 0.15) is 49.5 Å². The van der Waals surface area contributed by atoms with Gasteiger partial charge in [0.25, 0.3) is 0 Å². The fourth-order valence-corrected chi connectivity index (χ4v) is 2.35. The molecule has 0 bridgehead atoms. The Kier molecular flexibility index (Phi) is 5.49. The largest absolute Gasteiger partial charge is 0.478 e. The summed E-state index contributed by atoms with van der Waals surface area (Å²) in [5, 5.41) is 11.9. The standard InChI is InChI=1S/C16H24N2O3/c1-10-6-5-7-12(14(10)15(20)21)18-13(19)8-11(17)9-16(2,3)4/h5-7,11H,8-9,17H2,1-4H3,(H,18,19)(H,20,21). The predicted molar refractivity (Wildman–Crippen MR) is 83.4 cm³/mol. The molecule has 0 aliphatic heterocycles. The number of aromatic carboxylic acids is 1. The van der Waals surface area contributed by atoms with E-state index in [2.05, 4.69) is 26.1 Å². The monoisotopic (exact) mass is 292 g/mol. The summed E-state index contributed by atoms with van der Waals surface area (Å²) in [5.41, 5.74) is 7.06. The van der Waals surface area contributed by atoms with Gasteiger partial charge in [0, 0.05) is 12.5 Å². The van der Waals surface area contributed by atoms with Crippen molar-refractivity contribution in [3.8, 4) is 0 Å². The second-order valence-corrected chi connectivity index (χ2v) is 6.58. The molecule has 0 spiro atoms. The Bertz CT molecular complexity index is 533. The third-order valence-corrected chi connectivity index (χ3v) is 3.08. The van der Waals surface area contributed by atoms with Gasteiger partial charge in [-0.1, -0.05) is 32.9 Å². The number of carbonyl (C=O) groups is 2. The first-order valence-electron chi connectivity index (χ1n) is 6.98. The fourth-order valence-electron chi connectivity index (χ4n) is 2.35. The molecular formula is C16H24N2O3.